The van der Waals surface area contributed by atoms with Crippen LogP contribution in [0.2, 0.25) is 0 Å². The molecule has 0 heterocycles. The van der Waals surface area contributed by atoms with Crippen molar-refractivity contribution < 1.29 is 43.9 Å². The molecule has 0 aliphatic carbocycles. The molecule has 0 aromatic rings. The fourth-order valence-electron chi connectivity index (χ4n) is 0.681. The van der Waals surface area contributed by atoms with Crippen LogP contribution in [0.5, 0.6) is 0 Å². The first-order valence-corrected chi connectivity index (χ1v) is 6.36. The molecule has 0 saturated carbocycles. The fraction of sp³-hybridized carbons (Fsp3) is 0.800. The Morgan fingerprint density at radius 2 is 2.08 bits per heavy atom. The summed E-state index contributed by atoms with van der Waals surface area (Å²) in [7, 11) is 0. The summed E-state index contributed by atoms with van der Waals surface area (Å²) < 4.78 is 10.4. The second kappa shape index (κ2) is 6.45. The summed E-state index contributed by atoms with van der Waals surface area (Å²) in [5.41, 5.74) is 5.14. The van der Waals surface area contributed by atoms with Gasteiger partial charge in [-0.3, -0.25) is 9.97 Å². The normalized spacial score (nSPS) is 17.3. The van der Waals surface area contributed by atoms with Crippen LogP contribution in [0, 0.1) is 11.3 Å². The van der Waals surface area contributed by atoms with Gasteiger partial charge in [0.2, 0.25) is 0 Å². The van der Waals surface area contributed by atoms with Gasteiger partial charge in [-0.2, -0.15) is 0 Å². The number of nitrogens with two attached hydrogens (primary N) is 1. The second-order valence-corrected chi connectivity index (χ2v) is 6.37. The van der Waals surface area contributed by atoms with Crippen molar-refractivity contribution in [2.24, 2.45) is 11.7 Å². The zero-order valence-electron chi connectivity index (χ0n) is 7.85. The Morgan fingerprint density at radius 1 is 1.69 bits per heavy atom. The van der Waals surface area contributed by atoms with Crippen LogP contribution in [0.4, 0.5) is 0 Å². The first kappa shape index (κ1) is 16.4. The molecule has 0 rings (SSSR count). The summed E-state index contributed by atoms with van der Waals surface area (Å²) in [5, 5.41) is 6.38. The maximum Gasteiger partial charge on any atom is 1.00 e. The zero-order chi connectivity index (χ0) is 9.94. The van der Waals surface area contributed by atoms with Crippen LogP contribution in [0.15, 0.2) is 0 Å². The van der Waals surface area contributed by atoms with Gasteiger partial charge in [-0.1, -0.05) is 25.2 Å². The van der Waals surface area contributed by atoms with E-state index in [1.807, 2.05) is 0 Å². The van der Waals surface area contributed by atoms with Crippen molar-refractivity contribution in [3.05, 3.63) is 0 Å². The Balaban J connectivity index is 0. The van der Waals surface area contributed by atoms with Crippen molar-refractivity contribution in [2.45, 2.75) is 19.1 Å². The number of amidine groups is 1. The molecule has 13 heavy (non-hydrogen) atoms. The van der Waals surface area contributed by atoms with E-state index in [0.29, 0.717) is 11.4 Å². The molecule has 0 aliphatic heterocycles. The molecule has 0 aliphatic rings. The molecule has 8 heteroatoms. The summed E-state index contributed by atoms with van der Waals surface area (Å²) in [4.78, 5) is 18.9. The summed E-state index contributed by atoms with van der Waals surface area (Å²) in [6.45, 7) is -0.922. The van der Waals surface area contributed by atoms with Gasteiger partial charge >= 0.3 is 29.6 Å². The zero-order valence-corrected chi connectivity index (χ0v) is 11.6. The van der Waals surface area contributed by atoms with Crippen LogP contribution in [-0.4, -0.2) is 16.0 Å². The molecule has 2 atom stereocenters. The minimum atomic E-state index is -4.38. The third-order valence-corrected chi connectivity index (χ3v) is 3.93. The third-order valence-electron chi connectivity index (χ3n) is 1.16. The van der Waals surface area contributed by atoms with E-state index in [9.17, 15) is 9.46 Å². The molecule has 72 valence electrons. The number of hydrogen-bond donors (Lipinski definition) is 3. The summed E-state index contributed by atoms with van der Waals surface area (Å²) in [5.74, 6) is -0.331. The number of nitrogens with one attached hydrogen (secondary N) is 1. The summed E-state index contributed by atoms with van der Waals surface area (Å²) >= 11 is 0.324. The quantitative estimate of drug-likeness (QED) is 0.210. The Morgan fingerprint density at radius 3 is 2.15 bits per heavy atom. The minimum absolute atomic E-state index is 0. The van der Waals surface area contributed by atoms with Crippen LogP contribution in [-0.2, 0) is 4.57 Å². The van der Waals surface area contributed by atoms with E-state index in [2.05, 4.69) is 0 Å². The SMILES string of the molecule is CC(C)C(SP(=O)([O-])O)C(=N)N.[Na+]. The van der Waals surface area contributed by atoms with Gasteiger partial charge in [-0.05, 0) is 5.92 Å². The molecule has 2 unspecified atom stereocenters. The Bertz CT molecular complexity index is 220. The first-order chi connectivity index (χ1) is 5.24. The van der Waals surface area contributed by atoms with Crippen LogP contribution < -0.4 is 40.2 Å². The Hall–Kier alpha value is 0.970. The van der Waals surface area contributed by atoms with Gasteiger partial charge in [0.15, 0.2) is 6.80 Å². The van der Waals surface area contributed by atoms with Crippen molar-refractivity contribution >= 4 is 24.0 Å². The fourth-order valence-corrected chi connectivity index (χ4v) is 3.26. The van der Waals surface area contributed by atoms with E-state index >= 15 is 0 Å². The van der Waals surface area contributed by atoms with Gasteiger partial charge in [-0.25, -0.2) is 0 Å². The van der Waals surface area contributed by atoms with E-state index < -0.39 is 12.0 Å². The number of hydrogen-bond acceptors (Lipinski definition) is 4. The van der Waals surface area contributed by atoms with Crippen LogP contribution >= 0.6 is 18.2 Å². The van der Waals surface area contributed by atoms with Gasteiger partial charge in [0.1, 0.15) is 5.84 Å². The van der Waals surface area contributed by atoms with Crippen molar-refractivity contribution in [1.29, 1.82) is 5.41 Å². The molecule has 0 saturated heterocycles. The molecular formula is C5H12N2NaO3PS. The standard InChI is InChI=1S/C5H13N2O3PS.Na/c1-3(2)4(5(6)7)12-11(8,9)10;/h3-4H,1-2H3,(H3,6,7)(H2,8,9,10);/q;+1/p-1. The van der Waals surface area contributed by atoms with E-state index in [1.54, 1.807) is 13.8 Å². The van der Waals surface area contributed by atoms with Crippen molar-refractivity contribution in [3.63, 3.8) is 0 Å². The largest absolute Gasteiger partial charge is 1.00 e. The number of rotatable bonds is 4. The summed E-state index contributed by atoms with van der Waals surface area (Å²) in [6, 6.07) is 0. The molecule has 0 fully saturated rings. The Kier molecular flexibility index (Phi) is 8.14. The maximum absolute atomic E-state index is 10.4. The molecular weight excluding hydrogens is 222 g/mol. The average Bonchev–Trinajstić information content (AvgIpc) is 1.79. The molecule has 0 radical (unpaired) electrons. The van der Waals surface area contributed by atoms with Gasteiger partial charge in [0, 0.05) is 0 Å². The van der Waals surface area contributed by atoms with Gasteiger partial charge in [0.05, 0.1) is 5.25 Å². The van der Waals surface area contributed by atoms with Gasteiger partial charge in [0.25, 0.3) is 0 Å². The van der Waals surface area contributed by atoms with Crippen molar-refractivity contribution in [2.75, 3.05) is 0 Å². The van der Waals surface area contributed by atoms with Crippen LogP contribution in [0.3, 0.4) is 0 Å². The van der Waals surface area contributed by atoms with E-state index in [4.69, 9.17) is 16.0 Å². The molecule has 5 nitrogen and oxygen atoms in total. The van der Waals surface area contributed by atoms with Crippen molar-refractivity contribution in [3.8, 4) is 0 Å². The first-order valence-electron chi connectivity index (χ1n) is 3.30. The Labute approximate surface area is 104 Å². The van der Waals surface area contributed by atoms with E-state index in [1.165, 1.54) is 0 Å². The monoisotopic (exact) mass is 234 g/mol. The molecule has 0 aromatic carbocycles. The third kappa shape index (κ3) is 8.00. The maximum atomic E-state index is 10.4. The van der Waals surface area contributed by atoms with E-state index in [0.717, 1.165) is 0 Å². The smallest absolute Gasteiger partial charge is 0.770 e. The molecule has 0 spiro atoms. The molecule has 4 N–H and O–H groups in total. The van der Waals surface area contributed by atoms with Crippen LogP contribution in [0.1, 0.15) is 13.8 Å². The predicted octanol–water partition coefficient (Wildman–Crippen LogP) is -2.86. The average molecular weight is 234 g/mol. The van der Waals surface area contributed by atoms with Gasteiger partial charge in [-0.15, -0.1) is 0 Å². The second-order valence-electron chi connectivity index (χ2n) is 2.69. The minimum Gasteiger partial charge on any atom is -0.770 e. The van der Waals surface area contributed by atoms with E-state index in [-0.39, 0.29) is 41.3 Å². The molecule has 0 bridgehead atoms. The molecule has 0 aromatic heterocycles. The topological polar surface area (TPSA) is 110 Å². The van der Waals surface area contributed by atoms with Crippen molar-refractivity contribution in [1.82, 2.24) is 0 Å². The predicted molar refractivity (Wildman–Crippen MR) is 48.0 cm³/mol. The van der Waals surface area contributed by atoms with Gasteiger partial charge < -0.3 is 15.5 Å². The molecule has 0 amide bonds. The summed E-state index contributed by atoms with van der Waals surface area (Å²) in [6.07, 6.45) is 0. The van der Waals surface area contributed by atoms with Crippen LogP contribution in [0.25, 0.3) is 0 Å².